The van der Waals surface area contributed by atoms with Crippen LogP contribution in [0.15, 0.2) is 24.3 Å². The van der Waals surface area contributed by atoms with Crippen molar-refractivity contribution in [1.29, 1.82) is 0 Å². The minimum Gasteiger partial charge on any atom is -0.352 e. The summed E-state index contributed by atoms with van der Waals surface area (Å²) in [5.74, 6) is 0.488. The molecule has 2 N–H and O–H groups in total. The van der Waals surface area contributed by atoms with Crippen LogP contribution in [-0.2, 0) is 16.1 Å². The zero-order chi connectivity index (χ0) is 17.6. The van der Waals surface area contributed by atoms with Gasteiger partial charge in [0.1, 0.15) is 0 Å². The molecule has 0 spiro atoms. The summed E-state index contributed by atoms with van der Waals surface area (Å²) in [7, 11) is 0. The summed E-state index contributed by atoms with van der Waals surface area (Å²) in [5.41, 5.74) is 2.33. The summed E-state index contributed by atoms with van der Waals surface area (Å²) in [6, 6.07) is 8.39. The van der Waals surface area contributed by atoms with Crippen molar-refractivity contribution in [3.63, 3.8) is 0 Å². The Morgan fingerprint density at radius 3 is 2.56 bits per heavy atom. The van der Waals surface area contributed by atoms with Crippen molar-refractivity contribution in [2.45, 2.75) is 51.6 Å². The fraction of sp³-hybridized carbons (Fsp3) is 0.600. The second-order valence-corrected chi connectivity index (χ2v) is 7.47. The SMILES string of the molecule is Cc1ccc(CNC(=O)CN2CCCC(NC(=O)C3CCC3)C2)cc1. The third-order valence-electron chi connectivity index (χ3n) is 5.31. The molecular formula is C20H29N3O2. The van der Waals surface area contributed by atoms with Crippen molar-refractivity contribution < 1.29 is 9.59 Å². The van der Waals surface area contributed by atoms with Gasteiger partial charge in [-0.2, -0.15) is 0 Å². The maximum Gasteiger partial charge on any atom is 0.234 e. The molecule has 0 aromatic heterocycles. The maximum absolute atomic E-state index is 12.2. The predicted octanol–water partition coefficient (Wildman–Crippen LogP) is 1.99. The Kier molecular flexibility index (Phi) is 6.08. The highest BCUT2D eigenvalue weighted by atomic mass is 16.2. The largest absolute Gasteiger partial charge is 0.352 e. The highest BCUT2D eigenvalue weighted by Gasteiger charge is 2.29. The lowest BCUT2D eigenvalue weighted by molar-refractivity contribution is -0.128. The van der Waals surface area contributed by atoms with E-state index in [9.17, 15) is 9.59 Å². The number of nitrogens with zero attached hydrogens (tertiary/aromatic N) is 1. The van der Waals surface area contributed by atoms with Gasteiger partial charge in [-0.1, -0.05) is 36.2 Å². The first-order valence-corrected chi connectivity index (χ1v) is 9.45. The molecule has 1 saturated heterocycles. The first-order valence-electron chi connectivity index (χ1n) is 9.45. The van der Waals surface area contributed by atoms with E-state index in [1.165, 1.54) is 12.0 Å². The fourth-order valence-corrected chi connectivity index (χ4v) is 3.47. The lowest BCUT2D eigenvalue weighted by Gasteiger charge is -2.34. The molecule has 2 fully saturated rings. The average Bonchev–Trinajstić information content (AvgIpc) is 2.53. The summed E-state index contributed by atoms with van der Waals surface area (Å²) in [6.07, 6.45) is 5.28. The number of amides is 2. The molecule has 3 rings (SSSR count). The van der Waals surface area contributed by atoms with Gasteiger partial charge < -0.3 is 10.6 Å². The number of hydrogen-bond acceptors (Lipinski definition) is 3. The maximum atomic E-state index is 12.2. The number of carbonyl (C=O) groups excluding carboxylic acids is 2. The van der Waals surface area contributed by atoms with Gasteiger partial charge in [0.25, 0.3) is 0 Å². The van der Waals surface area contributed by atoms with Crippen LogP contribution in [0.5, 0.6) is 0 Å². The van der Waals surface area contributed by atoms with Gasteiger partial charge in [-0.25, -0.2) is 0 Å². The van der Waals surface area contributed by atoms with E-state index in [0.29, 0.717) is 13.1 Å². The molecule has 0 bridgehead atoms. The Morgan fingerprint density at radius 2 is 1.88 bits per heavy atom. The van der Waals surface area contributed by atoms with Crippen LogP contribution in [0.3, 0.4) is 0 Å². The lowest BCUT2D eigenvalue weighted by Crippen LogP contribution is -2.51. The second-order valence-electron chi connectivity index (χ2n) is 7.47. The minimum atomic E-state index is 0.0477. The zero-order valence-electron chi connectivity index (χ0n) is 15.1. The predicted molar refractivity (Wildman–Crippen MR) is 98.0 cm³/mol. The second kappa shape index (κ2) is 8.48. The number of likely N-dealkylation sites (tertiary alicyclic amines) is 1. The van der Waals surface area contributed by atoms with Crippen molar-refractivity contribution in [2.24, 2.45) is 5.92 Å². The van der Waals surface area contributed by atoms with Crippen molar-refractivity contribution in [2.75, 3.05) is 19.6 Å². The molecule has 1 heterocycles. The Labute approximate surface area is 150 Å². The molecule has 5 nitrogen and oxygen atoms in total. The summed E-state index contributed by atoms with van der Waals surface area (Å²) in [4.78, 5) is 26.5. The molecule has 1 atom stereocenters. The van der Waals surface area contributed by atoms with Crippen molar-refractivity contribution in [3.8, 4) is 0 Å². The monoisotopic (exact) mass is 343 g/mol. The number of aryl methyl sites for hydroxylation is 1. The molecular weight excluding hydrogens is 314 g/mol. The normalized spacial score (nSPS) is 21.4. The van der Waals surface area contributed by atoms with Crippen LogP contribution in [-0.4, -0.2) is 42.4 Å². The van der Waals surface area contributed by atoms with E-state index in [-0.39, 0.29) is 23.8 Å². The zero-order valence-corrected chi connectivity index (χ0v) is 15.1. The molecule has 1 aromatic carbocycles. The van der Waals surface area contributed by atoms with Crippen LogP contribution in [0.2, 0.25) is 0 Å². The van der Waals surface area contributed by atoms with Crippen molar-refractivity contribution in [3.05, 3.63) is 35.4 Å². The van der Waals surface area contributed by atoms with E-state index in [1.54, 1.807) is 0 Å². The first kappa shape index (κ1) is 17.9. The number of hydrogen-bond donors (Lipinski definition) is 2. The number of rotatable bonds is 6. The topological polar surface area (TPSA) is 61.4 Å². The van der Waals surface area contributed by atoms with Crippen LogP contribution in [0, 0.1) is 12.8 Å². The standard InChI is InChI=1S/C20H29N3O2/c1-15-7-9-16(10-8-15)12-21-19(24)14-23-11-3-6-18(13-23)22-20(25)17-4-2-5-17/h7-10,17-18H,2-6,11-14H2,1H3,(H,21,24)(H,22,25). The summed E-state index contributed by atoms with van der Waals surface area (Å²) in [5, 5.41) is 6.16. The minimum absolute atomic E-state index is 0.0477. The number of benzene rings is 1. The van der Waals surface area contributed by atoms with E-state index in [1.807, 2.05) is 12.1 Å². The molecule has 1 saturated carbocycles. The molecule has 1 aliphatic carbocycles. The van der Waals surface area contributed by atoms with E-state index < -0.39 is 0 Å². The van der Waals surface area contributed by atoms with Crippen LogP contribution >= 0.6 is 0 Å². The number of carbonyl (C=O) groups is 2. The number of piperidine rings is 1. The number of nitrogens with one attached hydrogen (secondary N) is 2. The van der Waals surface area contributed by atoms with Crippen molar-refractivity contribution >= 4 is 11.8 Å². The van der Waals surface area contributed by atoms with E-state index in [4.69, 9.17) is 0 Å². The third kappa shape index (κ3) is 5.30. The van der Waals surface area contributed by atoms with Gasteiger partial charge in [-0.3, -0.25) is 14.5 Å². The van der Waals surface area contributed by atoms with Crippen molar-refractivity contribution in [1.82, 2.24) is 15.5 Å². The fourth-order valence-electron chi connectivity index (χ4n) is 3.47. The first-order chi connectivity index (χ1) is 12.1. The molecule has 1 aliphatic heterocycles. The average molecular weight is 343 g/mol. The van der Waals surface area contributed by atoms with Crippen LogP contribution in [0.25, 0.3) is 0 Å². The van der Waals surface area contributed by atoms with Crippen LogP contribution in [0.4, 0.5) is 0 Å². The molecule has 2 aliphatic rings. The van der Waals surface area contributed by atoms with Gasteiger partial charge in [0, 0.05) is 25.0 Å². The molecule has 2 amide bonds. The Hall–Kier alpha value is -1.88. The Balaban J connectivity index is 1.39. The highest BCUT2D eigenvalue weighted by Crippen LogP contribution is 2.26. The quantitative estimate of drug-likeness (QED) is 0.830. The van der Waals surface area contributed by atoms with Gasteiger partial charge in [0.05, 0.1) is 6.54 Å². The van der Waals surface area contributed by atoms with Gasteiger partial charge in [-0.15, -0.1) is 0 Å². The van der Waals surface area contributed by atoms with Crippen LogP contribution in [0.1, 0.15) is 43.2 Å². The summed E-state index contributed by atoms with van der Waals surface area (Å²) in [6.45, 7) is 4.72. The Morgan fingerprint density at radius 1 is 1.12 bits per heavy atom. The van der Waals surface area contributed by atoms with E-state index in [0.717, 1.165) is 44.3 Å². The molecule has 136 valence electrons. The third-order valence-corrected chi connectivity index (χ3v) is 5.31. The molecule has 5 heteroatoms. The van der Waals surface area contributed by atoms with Gasteiger partial charge >= 0.3 is 0 Å². The lowest BCUT2D eigenvalue weighted by atomic mass is 9.84. The van der Waals surface area contributed by atoms with Gasteiger partial charge in [0.2, 0.25) is 11.8 Å². The van der Waals surface area contributed by atoms with E-state index in [2.05, 4.69) is 34.6 Å². The molecule has 1 aromatic rings. The van der Waals surface area contributed by atoms with Gasteiger partial charge in [0.15, 0.2) is 0 Å². The van der Waals surface area contributed by atoms with E-state index >= 15 is 0 Å². The smallest absolute Gasteiger partial charge is 0.234 e. The summed E-state index contributed by atoms with van der Waals surface area (Å²) < 4.78 is 0. The molecule has 25 heavy (non-hydrogen) atoms. The summed E-state index contributed by atoms with van der Waals surface area (Å²) >= 11 is 0. The highest BCUT2D eigenvalue weighted by molar-refractivity contribution is 5.80. The Bertz CT molecular complexity index is 595. The molecule has 1 unspecified atom stereocenters. The molecule has 0 radical (unpaired) electrons. The van der Waals surface area contributed by atoms with Crippen LogP contribution < -0.4 is 10.6 Å². The van der Waals surface area contributed by atoms with Gasteiger partial charge in [-0.05, 0) is 44.7 Å².